The Labute approximate surface area is 127 Å². The van der Waals surface area contributed by atoms with Gasteiger partial charge in [-0.1, -0.05) is 62.3 Å². The lowest BCUT2D eigenvalue weighted by atomic mass is 9.55. The smallest absolute Gasteiger partial charge is 0.0637 e. The van der Waals surface area contributed by atoms with Gasteiger partial charge in [0.05, 0.1) is 6.10 Å². The van der Waals surface area contributed by atoms with Crippen LogP contribution in [-0.4, -0.2) is 13.2 Å². The Hall–Kier alpha value is -0.0400. The van der Waals surface area contributed by atoms with Crippen LogP contribution in [0, 0.1) is 34.0 Å². The largest absolute Gasteiger partial charge is 0.381 e. The van der Waals surface area contributed by atoms with Crippen molar-refractivity contribution < 1.29 is 4.74 Å². The molecule has 2 atom stereocenters. The van der Waals surface area contributed by atoms with Crippen molar-refractivity contribution in [3.63, 3.8) is 0 Å². The zero-order chi connectivity index (χ0) is 15.9. The monoisotopic (exact) mass is 282 g/mol. The summed E-state index contributed by atoms with van der Waals surface area (Å²) < 4.78 is 6.03. The van der Waals surface area contributed by atoms with Gasteiger partial charge in [-0.3, -0.25) is 0 Å². The molecule has 0 aromatic rings. The Morgan fingerprint density at radius 2 is 1.00 bits per heavy atom. The van der Waals surface area contributed by atoms with Crippen LogP contribution in [0.25, 0.3) is 0 Å². The molecule has 0 radical (unpaired) electrons. The van der Waals surface area contributed by atoms with E-state index in [1.54, 1.807) is 0 Å². The summed E-state index contributed by atoms with van der Waals surface area (Å²) >= 11 is 0. The predicted octanol–water partition coefficient (Wildman–Crippen LogP) is 5.78. The van der Waals surface area contributed by atoms with Gasteiger partial charge in [-0.05, 0) is 46.8 Å². The van der Waals surface area contributed by atoms with Gasteiger partial charge in [-0.25, -0.2) is 0 Å². The fraction of sp³-hybridized carbons (Fsp3) is 1.00. The number of hydrogen-bond acceptors (Lipinski definition) is 1. The lowest BCUT2D eigenvalue weighted by Crippen LogP contribution is -2.50. The molecule has 1 rings (SSSR count). The Morgan fingerprint density at radius 1 is 0.650 bits per heavy atom. The molecule has 2 unspecified atom stereocenters. The van der Waals surface area contributed by atoms with E-state index in [4.69, 9.17) is 4.74 Å². The Kier molecular flexibility index (Phi) is 5.07. The molecule has 120 valence electrons. The summed E-state index contributed by atoms with van der Waals surface area (Å²) in [7, 11) is 1.92. The summed E-state index contributed by atoms with van der Waals surface area (Å²) in [5.41, 5.74) is 1.02. The summed E-state index contributed by atoms with van der Waals surface area (Å²) in [5.74, 6) is 2.09. The number of methoxy groups -OCH3 is 1. The molecule has 0 amide bonds. The molecule has 0 aromatic heterocycles. The van der Waals surface area contributed by atoms with E-state index in [1.807, 2.05) is 7.11 Å². The van der Waals surface area contributed by atoms with E-state index in [0.717, 1.165) is 5.92 Å². The van der Waals surface area contributed by atoms with Crippen LogP contribution in [0.15, 0.2) is 0 Å². The zero-order valence-electron chi connectivity index (χ0n) is 15.6. The van der Waals surface area contributed by atoms with Gasteiger partial charge in [-0.2, -0.15) is 0 Å². The quantitative estimate of drug-likeness (QED) is 0.592. The molecule has 1 heteroatoms. The first-order valence-corrected chi connectivity index (χ1v) is 8.31. The van der Waals surface area contributed by atoms with Gasteiger partial charge in [0, 0.05) is 7.11 Å². The fourth-order valence-corrected chi connectivity index (χ4v) is 3.99. The maximum atomic E-state index is 6.03. The van der Waals surface area contributed by atoms with Crippen molar-refractivity contribution in [2.45, 2.75) is 81.3 Å². The topological polar surface area (TPSA) is 9.23 Å². The standard InChI is InChI=1S/C19H38O/c1-17(2,3)13-11-14(18(4,5)6)16(20-10)15(12-13)19(7,8)9/h13-16H,11-12H2,1-10H3. The van der Waals surface area contributed by atoms with Crippen LogP contribution < -0.4 is 0 Å². The van der Waals surface area contributed by atoms with Gasteiger partial charge in [0.25, 0.3) is 0 Å². The third-order valence-electron chi connectivity index (χ3n) is 5.59. The number of rotatable bonds is 1. The summed E-state index contributed by atoms with van der Waals surface area (Å²) in [6, 6.07) is 0. The lowest BCUT2D eigenvalue weighted by molar-refractivity contribution is -0.117. The van der Waals surface area contributed by atoms with Crippen molar-refractivity contribution >= 4 is 0 Å². The maximum absolute atomic E-state index is 6.03. The minimum absolute atomic E-state index is 0.314. The molecule has 1 nitrogen and oxygen atoms in total. The Bertz CT molecular complexity index is 286. The molecule has 0 heterocycles. The van der Waals surface area contributed by atoms with E-state index in [-0.39, 0.29) is 0 Å². The molecule has 1 fully saturated rings. The SMILES string of the molecule is COC1C(C(C)(C)C)CC(C(C)(C)C)CC1C(C)(C)C. The predicted molar refractivity (Wildman–Crippen MR) is 88.9 cm³/mol. The minimum atomic E-state index is 0.314. The first kappa shape index (κ1) is 18.0. The average molecular weight is 283 g/mol. The zero-order valence-corrected chi connectivity index (χ0v) is 15.6. The summed E-state index contributed by atoms with van der Waals surface area (Å²) in [4.78, 5) is 0. The summed E-state index contributed by atoms with van der Waals surface area (Å²) in [6.07, 6.45) is 3.00. The molecule has 0 aliphatic heterocycles. The second-order valence-corrected chi connectivity index (χ2v) is 10.2. The highest BCUT2D eigenvalue weighted by Crippen LogP contribution is 2.53. The van der Waals surface area contributed by atoms with E-state index >= 15 is 0 Å². The molecule has 0 saturated heterocycles. The average Bonchev–Trinajstić information content (AvgIpc) is 2.23. The molecular weight excluding hydrogens is 244 g/mol. The molecule has 1 aliphatic rings. The van der Waals surface area contributed by atoms with Gasteiger partial charge in [0.2, 0.25) is 0 Å². The highest BCUT2D eigenvalue weighted by molar-refractivity contribution is 4.98. The van der Waals surface area contributed by atoms with Crippen LogP contribution in [-0.2, 0) is 4.74 Å². The van der Waals surface area contributed by atoms with E-state index in [2.05, 4.69) is 62.3 Å². The first-order valence-electron chi connectivity index (χ1n) is 8.31. The van der Waals surface area contributed by atoms with Crippen molar-refractivity contribution in [1.82, 2.24) is 0 Å². The van der Waals surface area contributed by atoms with Gasteiger partial charge < -0.3 is 4.74 Å². The van der Waals surface area contributed by atoms with Crippen LogP contribution in [0.1, 0.15) is 75.2 Å². The van der Waals surface area contributed by atoms with Crippen molar-refractivity contribution in [3.8, 4) is 0 Å². The second-order valence-electron chi connectivity index (χ2n) is 10.2. The normalized spacial score (nSPS) is 33.3. The Balaban J connectivity index is 3.16. The number of hydrogen-bond donors (Lipinski definition) is 0. The van der Waals surface area contributed by atoms with Crippen molar-refractivity contribution in [3.05, 3.63) is 0 Å². The number of ether oxygens (including phenoxy) is 1. The Morgan fingerprint density at radius 3 is 1.20 bits per heavy atom. The van der Waals surface area contributed by atoms with E-state index in [9.17, 15) is 0 Å². The van der Waals surface area contributed by atoms with E-state index < -0.39 is 0 Å². The molecule has 0 N–H and O–H groups in total. The molecule has 20 heavy (non-hydrogen) atoms. The third-order valence-corrected chi connectivity index (χ3v) is 5.59. The van der Waals surface area contributed by atoms with Crippen LogP contribution in [0.5, 0.6) is 0 Å². The first-order chi connectivity index (χ1) is 8.78. The summed E-state index contributed by atoms with van der Waals surface area (Å²) in [5, 5.41) is 0. The molecule has 1 saturated carbocycles. The third kappa shape index (κ3) is 4.00. The molecule has 0 spiro atoms. The van der Waals surface area contributed by atoms with Crippen LogP contribution in [0.4, 0.5) is 0 Å². The van der Waals surface area contributed by atoms with Crippen LogP contribution >= 0.6 is 0 Å². The highest BCUT2D eigenvalue weighted by atomic mass is 16.5. The molecular formula is C19H38O. The van der Waals surface area contributed by atoms with Gasteiger partial charge >= 0.3 is 0 Å². The lowest BCUT2D eigenvalue weighted by Gasteiger charge is -2.53. The molecule has 1 aliphatic carbocycles. The minimum Gasteiger partial charge on any atom is -0.381 e. The summed E-state index contributed by atoms with van der Waals surface area (Å²) in [6.45, 7) is 21.5. The second kappa shape index (κ2) is 5.63. The maximum Gasteiger partial charge on any atom is 0.0637 e. The fourth-order valence-electron chi connectivity index (χ4n) is 3.99. The van der Waals surface area contributed by atoms with Crippen molar-refractivity contribution in [2.75, 3.05) is 7.11 Å². The van der Waals surface area contributed by atoms with Gasteiger partial charge in [-0.15, -0.1) is 0 Å². The molecule has 0 bridgehead atoms. The van der Waals surface area contributed by atoms with Crippen molar-refractivity contribution in [2.24, 2.45) is 34.0 Å². The van der Waals surface area contributed by atoms with E-state index in [1.165, 1.54) is 12.8 Å². The molecule has 0 aromatic carbocycles. The highest BCUT2D eigenvalue weighted by Gasteiger charge is 2.49. The van der Waals surface area contributed by atoms with Gasteiger partial charge in [0.15, 0.2) is 0 Å². The van der Waals surface area contributed by atoms with E-state index in [0.29, 0.717) is 34.2 Å². The van der Waals surface area contributed by atoms with Crippen molar-refractivity contribution in [1.29, 1.82) is 0 Å². The van der Waals surface area contributed by atoms with Crippen LogP contribution in [0.3, 0.4) is 0 Å². The van der Waals surface area contributed by atoms with Crippen LogP contribution in [0.2, 0.25) is 0 Å². The van der Waals surface area contributed by atoms with Gasteiger partial charge in [0.1, 0.15) is 0 Å².